The van der Waals surface area contributed by atoms with Gasteiger partial charge in [0.25, 0.3) is 10.0 Å². The molecule has 0 aromatic carbocycles. The van der Waals surface area contributed by atoms with Gasteiger partial charge >= 0.3 is 0 Å². The fourth-order valence-corrected chi connectivity index (χ4v) is 6.28. The van der Waals surface area contributed by atoms with Crippen LogP contribution in [0.3, 0.4) is 0 Å². The number of thioether (sulfide) groups is 1. The molecule has 0 bridgehead atoms. The van der Waals surface area contributed by atoms with Crippen molar-refractivity contribution < 1.29 is 8.42 Å². The summed E-state index contributed by atoms with van der Waals surface area (Å²) >= 11 is 3.15. The van der Waals surface area contributed by atoms with Crippen molar-refractivity contribution in [2.45, 2.75) is 43.6 Å². The molecule has 0 amide bonds. The van der Waals surface area contributed by atoms with Crippen LogP contribution in [-0.4, -0.2) is 42.9 Å². The topological polar surface area (TPSA) is 49.4 Å². The standard InChI is InChI=1S/C13H22N2O2S3/c1-10(2)14-7-12-6-13(19-9-12)20(16,17)15-4-5-18-8-11(15)3/h6,9-11,14H,4-5,7-8H2,1-3H3. The van der Waals surface area contributed by atoms with Crippen molar-refractivity contribution in [3.05, 3.63) is 17.0 Å². The van der Waals surface area contributed by atoms with Crippen LogP contribution in [0.2, 0.25) is 0 Å². The fourth-order valence-electron chi connectivity index (χ4n) is 2.09. The molecule has 20 heavy (non-hydrogen) atoms. The van der Waals surface area contributed by atoms with Crippen molar-refractivity contribution in [2.24, 2.45) is 0 Å². The van der Waals surface area contributed by atoms with Crippen LogP contribution in [0.4, 0.5) is 0 Å². The molecule has 1 aromatic heterocycles. The Hall–Kier alpha value is -0.0800. The van der Waals surface area contributed by atoms with Crippen LogP contribution in [0.1, 0.15) is 26.3 Å². The Morgan fingerprint density at radius 1 is 1.50 bits per heavy atom. The van der Waals surface area contributed by atoms with E-state index in [0.29, 0.717) is 16.8 Å². The first-order valence-corrected chi connectivity index (χ1v) is 10.3. The summed E-state index contributed by atoms with van der Waals surface area (Å²) in [4.78, 5) is 0. The van der Waals surface area contributed by atoms with Gasteiger partial charge in [-0.2, -0.15) is 16.1 Å². The van der Waals surface area contributed by atoms with Crippen molar-refractivity contribution in [3.63, 3.8) is 0 Å². The van der Waals surface area contributed by atoms with Gasteiger partial charge in [0, 0.05) is 36.7 Å². The lowest BCUT2D eigenvalue weighted by Gasteiger charge is -2.31. The third-order valence-electron chi connectivity index (χ3n) is 3.21. The van der Waals surface area contributed by atoms with Gasteiger partial charge in [0.15, 0.2) is 0 Å². The molecule has 7 heteroatoms. The molecule has 1 atom stereocenters. The predicted molar refractivity (Wildman–Crippen MR) is 87.0 cm³/mol. The average molecular weight is 335 g/mol. The third-order valence-corrected chi connectivity index (χ3v) is 7.88. The third kappa shape index (κ3) is 3.76. The van der Waals surface area contributed by atoms with Crippen molar-refractivity contribution in [3.8, 4) is 0 Å². The fraction of sp³-hybridized carbons (Fsp3) is 0.692. The second kappa shape index (κ2) is 6.79. The highest BCUT2D eigenvalue weighted by molar-refractivity contribution is 7.99. The van der Waals surface area contributed by atoms with Crippen LogP contribution in [-0.2, 0) is 16.6 Å². The first-order chi connectivity index (χ1) is 9.41. The van der Waals surface area contributed by atoms with Crippen LogP contribution in [0, 0.1) is 0 Å². The van der Waals surface area contributed by atoms with E-state index in [9.17, 15) is 8.42 Å². The van der Waals surface area contributed by atoms with E-state index in [-0.39, 0.29) is 6.04 Å². The van der Waals surface area contributed by atoms with Gasteiger partial charge in [0.2, 0.25) is 0 Å². The molecule has 1 aliphatic rings. The van der Waals surface area contributed by atoms with Crippen LogP contribution >= 0.6 is 23.1 Å². The summed E-state index contributed by atoms with van der Waals surface area (Å²) in [5.74, 6) is 1.77. The number of nitrogens with one attached hydrogen (secondary N) is 1. The molecule has 114 valence electrons. The summed E-state index contributed by atoms with van der Waals surface area (Å²) in [7, 11) is -3.32. The molecule has 0 radical (unpaired) electrons. The largest absolute Gasteiger partial charge is 0.310 e. The molecule has 0 spiro atoms. The number of thiophene rings is 1. The molecule has 2 heterocycles. The Balaban J connectivity index is 2.13. The van der Waals surface area contributed by atoms with Crippen molar-refractivity contribution in [1.82, 2.24) is 9.62 Å². The molecule has 1 unspecified atom stereocenters. The Bertz CT molecular complexity index is 540. The van der Waals surface area contributed by atoms with Crippen LogP contribution < -0.4 is 5.32 Å². The number of rotatable bonds is 5. The van der Waals surface area contributed by atoms with Crippen LogP contribution in [0.5, 0.6) is 0 Å². The SMILES string of the molecule is CC(C)NCc1csc(S(=O)(=O)N2CCSCC2C)c1. The van der Waals surface area contributed by atoms with Gasteiger partial charge in [-0.15, -0.1) is 11.3 Å². The van der Waals surface area contributed by atoms with E-state index in [1.165, 1.54) is 11.3 Å². The molecule has 1 saturated heterocycles. The molecular formula is C13H22N2O2S3. The summed E-state index contributed by atoms with van der Waals surface area (Å²) in [6, 6.07) is 2.29. The molecule has 0 saturated carbocycles. The maximum atomic E-state index is 12.7. The number of hydrogen-bond donors (Lipinski definition) is 1. The van der Waals surface area contributed by atoms with Crippen molar-refractivity contribution in [2.75, 3.05) is 18.1 Å². The molecule has 2 rings (SSSR count). The zero-order valence-corrected chi connectivity index (χ0v) is 14.6. The molecule has 0 aliphatic carbocycles. The molecule has 4 nitrogen and oxygen atoms in total. The Morgan fingerprint density at radius 2 is 2.25 bits per heavy atom. The summed E-state index contributed by atoms with van der Waals surface area (Å²) in [6.45, 7) is 7.48. The normalized spacial score (nSPS) is 21.5. The quantitative estimate of drug-likeness (QED) is 0.898. The lowest BCUT2D eigenvalue weighted by atomic mass is 10.3. The van der Waals surface area contributed by atoms with E-state index in [1.807, 2.05) is 30.1 Å². The lowest BCUT2D eigenvalue weighted by molar-refractivity contribution is 0.368. The van der Waals surface area contributed by atoms with Crippen molar-refractivity contribution in [1.29, 1.82) is 0 Å². The zero-order valence-electron chi connectivity index (χ0n) is 12.1. The van der Waals surface area contributed by atoms with Crippen LogP contribution in [0.25, 0.3) is 0 Å². The van der Waals surface area contributed by atoms with Gasteiger partial charge in [-0.1, -0.05) is 13.8 Å². The Kier molecular flexibility index (Phi) is 5.53. The highest BCUT2D eigenvalue weighted by Gasteiger charge is 2.32. The highest BCUT2D eigenvalue weighted by atomic mass is 32.2. The first kappa shape index (κ1) is 16.3. The van der Waals surface area contributed by atoms with Gasteiger partial charge in [0.1, 0.15) is 4.21 Å². The molecule has 1 aromatic rings. The summed E-state index contributed by atoms with van der Waals surface area (Å²) < 4.78 is 27.4. The maximum absolute atomic E-state index is 12.7. The zero-order chi connectivity index (χ0) is 14.8. The molecular weight excluding hydrogens is 312 g/mol. The number of nitrogens with zero attached hydrogens (tertiary/aromatic N) is 1. The van der Waals surface area contributed by atoms with E-state index in [2.05, 4.69) is 19.2 Å². The second-order valence-corrected chi connectivity index (χ2v) is 9.53. The minimum Gasteiger partial charge on any atom is -0.310 e. The Morgan fingerprint density at radius 3 is 2.90 bits per heavy atom. The predicted octanol–water partition coefficient (Wildman–Crippen LogP) is 2.37. The summed E-state index contributed by atoms with van der Waals surface area (Å²) in [5.41, 5.74) is 1.04. The molecule has 1 N–H and O–H groups in total. The summed E-state index contributed by atoms with van der Waals surface area (Å²) in [6.07, 6.45) is 0. The van der Waals surface area contributed by atoms with E-state index < -0.39 is 10.0 Å². The smallest absolute Gasteiger partial charge is 0.252 e. The van der Waals surface area contributed by atoms with E-state index in [0.717, 1.165) is 23.6 Å². The molecule has 1 aliphatic heterocycles. The highest BCUT2D eigenvalue weighted by Crippen LogP contribution is 2.28. The first-order valence-electron chi connectivity index (χ1n) is 6.81. The molecule has 1 fully saturated rings. The van der Waals surface area contributed by atoms with E-state index in [1.54, 1.807) is 4.31 Å². The second-order valence-electron chi connectivity index (χ2n) is 5.35. The van der Waals surface area contributed by atoms with Crippen molar-refractivity contribution >= 4 is 33.1 Å². The maximum Gasteiger partial charge on any atom is 0.252 e. The van der Waals surface area contributed by atoms with Gasteiger partial charge in [-0.3, -0.25) is 0 Å². The van der Waals surface area contributed by atoms with Gasteiger partial charge in [0.05, 0.1) is 0 Å². The minimum atomic E-state index is -3.32. The number of sulfonamides is 1. The monoisotopic (exact) mass is 334 g/mol. The summed E-state index contributed by atoms with van der Waals surface area (Å²) in [5, 5.41) is 5.25. The van der Waals surface area contributed by atoms with E-state index in [4.69, 9.17) is 0 Å². The van der Waals surface area contributed by atoms with Gasteiger partial charge in [-0.25, -0.2) is 8.42 Å². The van der Waals surface area contributed by atoms with Crippen LogP contribution in [0.15, 0.2) is 15.7 Å². The van der Waals surface area contributed by atoms with E-state index >= 15 is 0 Å². The Labute approximate surface area is 130 Å². The number of hydrogen-bond acceptors (Lipinski definition) is 5. The minimum absolute atomic E-state index is 0.0816. The average Bonchev–Trinajstić information content (AvgIpc) is 2.86. The van der Waals surface area contributed by atoms with Gasteiger partial charge < -0.3 is 5.32 Å². The van der Waals surface area contributed by atoms with Gasteiger partial charge in [-0.05, 0) is 23.9 Å². The lowest BCUT2D eigenvalue weighted by Crippen LogP contribution is -2.44.